The van der Waals surface area contributed by atoms with E-state index in [4.69, 9.17) is 10.5 Å². The molecule has 0 saturated carbocycles. The van der Waals surface area contributed by atoms with Crippen LogP contribution < -0.4 is 21.1 Å². The van der Waals surface area contributed by atoms with Gasteiger partial charge in [-0.25, -0.2) is 0 Å². The second-order valence-electron chi connectivity index (χ2n) is 12.0. The maximum atomic E-state index is 14.1. The van der Waals surface area contributed by atoms with Gasteiger partial charge in [0, 0.05) is 32.5 Å². The van der Waals surface area contributed by atoms with Crippen LogP contribution in [0.5, 0.6) is 11.5 Å². The maximum Gasteiger partial charge on any atom is 0.416 e. The number of carbonyl (C=O) groups is 3. The number of alkyl halides is 3. The summed E-state index contributed by atoms with van der Waals surface area (Å²) in [6, 6.07) is 19.1. The molecule has 250 valence electrons. The van der Waals surface area contributed by atoms with Gasteiger partial charge in [0.05, 0.1) is 12.1 Å². The Morgan fingerprint density at radius 3 is 2.17 bits per heavy atom. The minimum absolute atomic E-state index is 0.00252. The lowest BCUT2D eigenvalue weighted by Gasteiger charge is -2.42. The monoisotopic (exact) mass is 651 g/mol. The first kappa shape index (κ1) is 33.9. The largest absolute Gasteiger partial charge is 0.457 e. The summed E-state index contributed by atoms with van der Waals surface area (Å²) >= 11 is 0. The first-order valence-corrected chi connectivity index (χ1v) is 15.9. The van der Waals surface area contributed by atoms with Gasteiger partial charge in [-0.15, -0.1) is 0 Å². The van der Waals surface area contributed by atoms with E-state index in [1.54, 1.807) is 17.0 Å². The van der Waals surface area contributed by atoms with Crippen molar-refractivity contribution < 1.29 is 32.3 Å². The first-order chi connectivity index (χ1) is 22.6. The van der Waals surface area contributed by atoms with E-state index in [-0.39, 0.29) is 50.2 Å². The van der Waals surface area contributed by atoms with Crippen molar-refractivity contribution in [1.82, 2.24) is 20.4 Å². The maximum absolute atomic E-state index is 14.1. The number of halogens is 3. The van der Waals surface area contributed by atoms with Crippen molar-refractivity contribution in [2.24, 2.45) is 11.7 Å². The molecule has 3 amide bonds. The summed E-state index contributed by atoms with van der Waals surface area (Å²) < 4.78 is 45.3. The van der Waals surface area contributed by atoms with Gasteiger partial charge in [-0.2, -0.15) is 13.2 Å². The van der Waals surface area contributed by atoms with E-state index in [2.05, 4.69) is 10.6 Å². The van der Waals surface area contributed by atoms with Gasteiger partial charge < -0.3 is 30.9 Å². The van der Waals surface area contributed by atoms with Crippen molar-refractivity contribution in [2.75, 3.05) is 32.7 Å². The molecule has 3 aromatic carbocycles. The van der Waals surface area contributed by atoms with E-state index in [1.807, 2.05) is 42.5 Å². The molecule has 2 saturated heterocycles. The summed E-state index contributed by atoms with van der Waals surface area (Å²) in [6.07, 6.45) is -2.58. The molecule has 0 bridgehead atoms. The van der Waals surface area contributed by atoms with E-state index >= 15 is 0 Å². The van der Waals surface area contributed by atoms with Crippen LogP contribution in [-0.4, -0.2) is 72.3 Å². The fraction of sp³-hybridized carbons (Fsp3) is 0.400. The molecule has 9 nitrogen and oxygen atoms in total. The lowest BCUT2D eigenvalue weighted by molar-refractivity contribution is -0.152. The number of ether oxygens (including phenoxy) is 1. The highest BCUT2D eigenvalue weighted by Crippen LogP contribution is 2.30. The molecule has 2 fully saturated rings. The number of amides is 3. The summed E-state index contributed by atoms with van der Waals surface area (Å²) in [6.45, 7) is 2.38. The normalized spacial score (nSPS) is 18.9. The summed E-state index contributed by atoms with van der Waals surface area (Å²) in [7, 11) is 0. The first-order valence-electron chi connectivity index (χ1n) is 15.9. The smallest absolute Gasteiger partial charge is 0.416 e. The summed E-state index contributed by atoms with van der Waals surface area (Å²) in [4.78, 5) is 44.2. The highest BCUT2D eigenvalue weighted by molar-refractivity contribution is 5.97. The van der Waals surface area contributed by atoms with E-state index in [1.165, 1.54) is 17.0 Å². The predicted molar refractivity (Wildman–Crippen MR) is 170 cm³/mol. The summed E-state index contributed by atoms with van der Waals surface area (Å²) in [5.74, 6) is 0.526. The van der Waals surface area contributed by atoms with Gasteiger partial charge in [-0.05, 0) is 79.4 Å². The molecular weight excluding hydrogens is 611 g/mol. The molecule has 0 unspecified atom stereocenters. The third-order valence-electron chi connectivity index (χ3n) is 8.59. The van der Waals surface area contributed by atoms with Gasteiger partial charge in [0.1, 0.15) is 23.6 Å². The Labute approximate surface area is 272 Å². The van der Waals surface area contributed by atoms with Gasteiger partial charge in [0.15, 0.2) is 0 Å². The minimum Gasteiger partial charge on any atom is -0.457 e. The molecule has 47 heavy (non-hydrogen) atoms. The van der Waals surface area contributed by atoms with Gasteiger partial charge in [0.2, 0.25) is 17.7 Å². The molecular formula is C35H40F3N5O4. The Hall–Kier alpha value is -4.42. The molecule has 2 aliphatic heterocycles. The number of carbonyl (C=O) groups excluding carboxylic acids is 3. The molecule has 0 aromatic heterocycles. The van der Waals surface area contributed by atoms with Gasteiger partial charge in [0.25, 0.3) is 0 Å². The van der Waals surface area contributed by atoms with Crippen LogP contribution in [0.25, 0.3) is 0 Å². The van der Waals surface area contributed by atoms with Gasteiger partial charge in [-0.1, -0.05) is 42.5 Å². The molecule has 0 spiro atoms. The average Bonchev–Trinajstić information content (AvgIpc) is 3.06. The third-order valence-corrected chi connectivity index (χ3v) is 8.59. The zero-order valence-corrected chi connectivity index (χ0v) is 26.0. The van der Waals surface area contributed by atoms with Crippen molar-refractivity contribution in [2.45, 2.75) is 50.5 Å². The average molecular weight is 652 g/mol. The molecule has 2 aliphatic rings. The van der Waals surface area contributed by atoms with Crippen molar-refractivity contribution in [1.29, 1.82) is 0 Å². The number of piperidine rings is 1. The van der Waals surface area contributed by atoms with E-state index in [0.29, 0.717) is 23.6 Å². The highest BCUT2D eigenvalue weighted by Gasteiger charge is 2.42. The number of nitrogens with two attached hydrogens (primary N) is 1. The van der Waals surface area contributed by atoms with Crippen LogP contribution >= 0.6 is 0 Å². The van der Waals surface area contributed by atoms with Crippen molar-refractivity contribution in [3.8, 4) is 11.5 Å². The van der Waals surface area contributed by atoms with Gasteiger partial charge in [-0.3, -0.25) is 14.4 Å². The van der Waals surface area contributed by atoms with Gasteiger partial charge >= 0.3 is 6.18 Å². The number of benzene rings is 3. The lowest BCUT2D eigenvalue weighted by atomic mass is 9.96. The number of piperazine rings is 1. The van der Waals surface area contributed by atoms with Crippen LogP contribution in [0.2, 0.25) is 0 Å². The lowest BCUT2D eigenvalue weighted by Crippen LogP contribution is -2.66. The molecule has 3 aromatic rings. The zero-order chi connectivity index (χ0) is 33.4. The Balaban J connectivity index is 1.38. The van der Waals surface area contributed by atoms with Crippen LogP contribution in [0.3, 0.4) is 0 Å². The topological polar surface area (TPSA) is 117 Å². The number of nitrogens with one attached hydrogen (secondary N) is 2. The standard InChI is InChI=1S/C35H40F3N5O4/c36-35(37,38)27-10-6-24(7-11-27)20-30-34(46)43(22-25-8-12-29(13-9-25)47-28-4-2-1-3-5-28)31(33(45)41-30)23-42(32(44)14-17-39)21-26-15-18-40-19-16-26/h1-13,26,30-31,40H,14-23,39H2,(H,41,45)/t30-,31-/m0/s1. The molecule has 5 rings (SSSR count). The Kier molecular flexibility index (Phi) is 11.2. The second-order valence-corrected chi connectivity index (χ2v) is 12.0. The predicted octanol–water partition coefficient (Wildman–Crippen LogP) is 4.11. The minimum atomic E-state index is -4.49. The quantitative estimate of drug-likeness (QED) is 0.272. The number of nitrogens with zero attached hydrogens (tertiary/aromatic N) is 2. The summed E-state index contributed by atoms with van der Waals surface area (Å²) in [5, 5.41) is 6.12. The second kappa shape index (κ2) is 15.4. The molecule has 0 radical (unpaired) electrons. The van der Waals surface area contributed by atoms with Crippen LogP contribution in [0, 0.1) is 5.92 Å². The Morgan fingerprint density at radius 1 is 0.894 bits per heavy atom. The number of hydrogen-bond acceptors (Lipinski definition) is 6. The molecule has 12 heteroatoms. The molecule has 0 aliphatic carbocycles. The van der Waals surface area contributed by atoms with E-state index < -0.39 is 29.7 Å². The summed E-state index contributed by atoms with van der Waals surface area (Å²) in [5.41, 5.74) is 6.15. The molecule has 2 heterocycles. The SMILES string of the molecule is NCCC(=O)N(CC1CCNCC1)C[C@H]1C(=O)N[C@@H](Cc2ccc(C(F)(F)F)cc2)C(=O)N1Cc1ccc(Oc2ccccc2)cc1. The Bertz CT molecular complexity index is 1500. The fourth-order valence-corrected chi connectivity index (χ4v) is 6.03. The number of para-hydroxylation sites is 1. The fourth-order valence-electron chi connectivity index (χ4n) is 6.03. The number of hydrogen-bond donors (Lipinski definition) is 3. The highest BCUT2D eigenvalue weighted by atomic mass is 19.4. The van der Waals surface area contributed by atoms with E-state index in [0.717, 1.165) is 43.6 Å². The molecule has 4 N–H and O–H groups in total. The van der Waals surface area contributed by atoms with Crippen molar-refractivity contribution in [3.63, 3.8) is 0 Å². The van der Waals surface area contributed by atoms with E-state index in [9.17, 15) is 27.6 Å². The van der Waals surface area contributed by atoms with Crippen LogP contribution in [0.15, 0.2) is 78.9 Å². The van der Waals surface area contributed by atoms with Crippen molar-refractivity contribution in [3.05, 3.63) is 95.6 Å². The van der Waals surface area contributed by atoms with Crippen LogP contribution in [0.1, 0.15) is 36.0 Å². The third kappa shape index (κ3) is 9.11. The molecule has 2 atom stereocenters. The zero-order valence-electron chi connectivity index (χ0n) is 26.0. The van der Waals surface area contributed by atoms with Crippen molar-refractivity contribution >= 4 is 17.7 Å². The van der Waals surface area contributed by atoms with Crippen LogP contribution in [-0.2, 0) is 33.5 Å². The Morgan fingerprint density at radius 2 is 1.53 bits per heavy atom. The number of rotatable bonds is 12. The van der Waals surface area contributed by atoms with Crippen LogP contribution in [0.4, 0.5) is 13.2 Å².